The number of aromatic nitrogens is 2. The van der Waals surface area contributed by atoms with Gasteiger partial charge in [-0.3, -0.25) is 10.2 Å². The van der Waals surface area contributed by atoms with Crippen LogP contribution in [0.2, 0.25) is 0 Å². The third kappa shape index (κ3) is 2.16. The van der Waals surface area contributed by atoms with Crippen molar-refractivity contribution in [1.29, 1.82) is 0 Å². The van der Waals surface area contributed by atoms with E-state index in [9.17, 15) is 18.0 Å². The Hall–Kier alpha value is -1.70. The van der Waals surface area contributed by atoms with Crippen LogP contribution in [0.1, 0.15) is 16.2 Å². The number of amides is 1. The molecule has 0 spiro atoms. The SMILES string of the molecule is NNC(=O)c1cnc(C(F)(F)F)nc1. The van der Waals surface area contributed by atoms with Crippen LogP contribution in [-0.4, -0.2) is 15.9 Å². The second-order valence-corrected chi connectivity index (χ2v) is 2.27. The summed E-state index contributed by atoms with van der Waals surface area (Å²) in [4.78, 5) is 16.7. The minimum Gasteiger partial charge on any atom is -0.290 e. The van der Waals surface area contributed by atoms with Gasteiger partial charge in [0.2, 0.25) is 5.82 Å². The van der Waals surface area contributed by atoms with Crippen molar-refractivity contribution in [3.05, 3.63) is 23.8 Å². The summed E-state index contributed by atoms with van der Waals surface area (Å²) in [5.41, 5.74) is 1.60. The maximum Gasteiger partial charge on any atom is 0.451 e. The Morgan fingerprint density at radius 3 is 2.21 bits per heavy atom. The molecule has 14 heavy (non-hydrogen) atoms. The minimum absolute atomic E-state index is 0.138. The van der Waals surface area contributed by atoms with E-state index in [-0.39, 0.29) is 5.56 Å². The van der Waals surface area contributed by atoms with E-state index >= 15 is 0 Å². The highest BCUT2D eigenvalue weighted by molar-refractivity contribution is 5.93. The molecule has 0 aliphatic heterocycles. The van der Waals surface area contributed by atoms with Gasteiger partial charge in [0.25, 0.3) is 5.91 Å². The third-order valence-corrected chi connectivity index (χ3v) is 1.30. The van der Waals surface area contributed by atoms with Crippen molar-refractivity contribution in [2.24, 2.45) is 5.84 Å². The molecule has 0 aliphatic rings. The molecular weight excluding hydrogens is 201 g/mol. The summed E-state index contributed by atoms with van der Waals surface area (Å²) in [6.45, 7) is 0. The topological polar surface area (TPSA) is 80.9 Å². The summed E-state index contributed by atoms with van der Waals surface area (Å²) in [7, 11) is 0. The van der Waals surface area contributed by atoms with E-state index in [0.29, 0.717) is 0 Å². The predicted octanol–water partition coefficient (Wildman–Crippen LogP) is 0.0989. The quantitative estimate of drug-likeness (QED) is 0.388. The summed E-state index contributed by atoms with van der Waals surface area (Å²) in [5.74, 6) is 2.70. The number of alkyl halides is 3. The van der Waals surface area contributed by atoms with Crippen LogP contribution in [0.3, 0.4) is 0 Å². The van der Waals surface area contributed by atoms with Gasteiger partial charge >= 0.3 is 6.18 Å². The number of carbonyl (C=O) groups is 1. The molecule has 1 amide bonds. The molecule has 0 bridgehead atoms. The lowest BCUT2D eigenvalue weighted by Crippen LogP contribution is -2.30. The molecule has 3 N–H and O–H groups in total. The van der Waals surface area contributed by atoms with E-state index in [1.807, 2.05) is 0 Å². The van der Waals surface area contributed by atoms with Crippen LogP contribution in [0.25, 0.3) is 0 Å². The van der Waals surface area contributed by atoms with E-state index in [4.69, 9.17) is 5.84 Å². The molecule has 0 aromatic carbocycles. The van der Waals surface area contributed by atoms with E-state index in [2.05, 4.69) is 9.97 Å². The van der Waals surface area contributed by atoms with Gasteiger partial charge in [0, 0.05) is 12.4 Å². The third-order valence-electron chi connectivity index (χ3n) is 1.30. The number of rotatable bonds is 1. The Bertz CT molecular complexity index is 334. The number of hydrogen-bond donors (Lipinski definition) is 2. The molecule has 0 fully saturated rings. The summed E-state index contributed by atoms with van der Waals surface area (Å²) in [6, 6.07) is 0. The zero-order valence-electron chi connectivity index (χ0n) is 6.67. The highest BCUT2D eigenvalue weighted by atomic mass is 19.4. The summed E-state index contributed by atoms with van der Waals surface area (Å²) >= 11 is 0. The average molecular weight is 206 g/mol. The van der Waals surface area contributed by atoms with Gasteiger partial charge in [-0.25, -0.2) is 15.8 Å². The van der Waals surface area contributed by atoms with Crippen LogP contribution in [0.5, 0.6) is 0 Å². The van der Waals surface area contributed by atoms with Crippen LogP contribution < -0.4 is 11.3 Å². The Balaban J connectivity index is 2.95. The highest BCUT2D eigenvalue weighted by Crippen LogP contribution is 2.25. The minimum atomic E-state index is -4.61. The van der Waals surface area contributed by atoms with Crippen molar-refractivity contribution in [1.82, 2.24) is 15.4 Å². The Morgan fingerprint density at radius 2 is 1.86 bits per heavy atom. The number of halogens is 3. The molecular formula is C6H5F3N4O. The molecule has 0 saturated heterocycles. The zero-order valence-corrected chi connectivity index (χ0v) is 6.67. The smallest absolute Gasteiger partial charge is 0.290 e. The first-order valence-electron chi connectivity index (χ1n) is 3.35. The van der Waals surface area contributed by atoms with Gasteiger partial charge in [-0.05, 0) is 0 Å². The largest absolute Gasteiger partial charge is 0.451 e. The highest BCUT2D eigenvalue weighted by Gasteiger charge is 2.34. The number of nitrogens with zero attached hydrogens (tertiary/aromatic N) is 2. The molecule has 1 aromatic heterocycles. The van der Waals surface area contributed by atoms with Crippen LogP contribution >= 0.6 is 0 Å². The molecule has 76 valence electrons. The van der Waals surface area contributed by atoms with Gasteiger partial charge in [0.1, 0.15) is 0 Å². The standard InChI is InChI=1S/C6H5F3N4O/c7-6(8,9)5-11-1-3(2-12-5)4(14)13-10/h1-2H,10H2,(H,13,14). The fourth-order valence-electron chi connectivity index (χ4n) is 0.675. The monoisotopic (exact) mass is 206 g/mol. The summed E-state index contributed by atoms with van der Waals surface area (Å²) < 4.78 is 35.9. The van der Waals surface area contributed by atoms with Crippen molar-refractivity contribution in [2.45, 2.75) is 6.18 Å². The number of nitrogen functional groups attached to an aromatic ring is 1. The Kier molecular flexibility index (Phi) is 2.65. The van der Waals surface area contributed by atoms with Crippen molar-refractivity contribution in [2.75, 3.05) is 0 Å². The fraction of sp³-hybridized carbons (Fsp3) is 0.167. The first kappa shape index (κ1) is 10.4. The average Bonchev–Trinajstić information content (AvgIpc) is 2.15. The molecule has 0 radical (unpaired) electrons. The number of nitrogens with two attached hydrogens (primary N) is 1. The van der Waals surface area contributed by atoms with E-state index in [0.717, 1.165) is 12.4 Å². The molecule has 5 nitrogen and oxygen atoms in total. The van der Waals surface area contributed by atoms with Gasteiger partial charge in [-0.2, -0.15) is 13.2 Å². The second-order valence-electron chi connectivity index (χ2n) is 2.27. The van der Waals surface area contributed by atoms with Gasteiger partial charge in [-0.15, -0.1) is 0 Å². The van der Waals surface area contributed by atoms with Crippen molar-refractivity contribution >= 4 is 5.91 Å². The lowest BCUT2D eigenvalue weighted by Gasteiger charge is -2.04. The number of hydrogen-bond acceptors (Lipinski definition) is 4. The predicted molar refractivity (Wildman–Crippen MR) is 38.7 cm³/mol. The first-order chi connectivity index (χ1) is 6.45. The summed E-state index contributed by atoms with van der Waals surface area (Å²) in [6.07, 6.45) is -3.12. The van der Waals surface area contributed by atoms with Gasteiger partial charge in [-0.1, -0.05) is 0 Å². The van der Waals surface area contributed by atoms with E-state index in [1.165, 1.54) is 0 Å². The Labute approximate surface area is 76.1 Å². The molecule has 0 atom stereocenters. The fourth-order valence-corrected chi connectivity index (χ4v) is 0.675. The maximum absolute atomic E-state index is 12.0. The zero-order chi connectivity index (χ0) is 10.8. The van der Waals surface area contributed by atoms with Gasteiger partial charge in [0.05, 0.1) is 5.56 Å². The number of carbonyl (C=O) groups excluding carboxylic acids is 1. The van der Waals surface area contributed by atoms with Crippen LogP contribution in [0.15, 0.2) is 12.4 Å². The molecule has 8 heteroatoms. The van der Waals surface area contributed by atoms with Crippen molar-refractivity contribution in [3.63, 3.8) is 0 Å². The molecule has 0 unspecified atom stereocenters. The van der Waals surface area contributed by atoms with Crippen molar-refractivity contribution < 1.29 is 18.0 Å². The van der Waals surface area contributed by atoms with Gasteiger partial charge < -0.3 is 0 Å². The van der Waals surface area contributed by atoms with Crippen molar-refractivity contribution in [3.8, 4) is 0 Å². The van der Waals surface area contributed by atoms with Crippen LogP contribution in [0.4, 0.5) is 13.2 Å². The summed E-state index contributed by atoms with van der Waals surface area (Å²) in [5, 5.41) is 0. The maximum atomic E-state index is 12.0. The number of hydrazine groups is 1. The lowest BCUT2D eigenvalue weighted by atomic mass is 10.3. The van der Waals surface area contributed by atoms with Gasteiger partial charge in [0.15, 0.2) is 0 Å². The number of nitrogens with one attached hydrogen (secondary N) is 1. The molecule has 1 heterocycles. The Morgan fingerprint density at radius 1 is 1.36 bits per heavy atom. The molecule has 1 aromatic rings. The van der Waals surface area contributed by atoms with Crippen LogP contribution in [-0.2, 0) is 6.18 Å². The molecule has 0 aliphatic carbocycles. The second kappa shape index (κ2) is 3.58. The van der Waals surface area contributed by atoms with E-state index < -0.39 is 17.9 Å². The molecule has 1 rings (SSSR count). The van der Waals surface area contributed by atoms with Crippen LogP contribution in [0, 0.1) is 0 Å². The van der Waals surface area contributed by atoms with E-state index in [1.54, 1.807) is 5.43 Å². The normalized spacial score (nSPS) is 11.1. The lowest BCUT2D eigenvalue weighted by molar-refractivity contribution is -0.145. The molecule has 0 saturated carbocycles. The first-order valence-corrected chi connectivity index (χ1v) is 3.35.